The Balaban J connectivity index is 2.23. The Hall–Kier alpha value is -0.820. The SMILES string of the molecule is CCc1ccc(C2(N)CC(C)CC(C)C2)cc1. The van der Waals surface area contributed by atoms with Crippen LogP contribution in [0.2, 0.25) is 0 Å². The fourth-order valence-corrected chi connectivity index (χ4v) is 3.49. The Morgan fingerprint density at radius 2 is 1.65 bits per heavy atom. The van der Waals surface area contributed by atoms with Gasteiger partial charge in [0.15, 0.2) is 0 Å². The molecule has 1 aromatic rings. The van der Waals surface area contributed by atoms with Crippen molar-refractivity contribution in [2.45, 2.75) is 52.0 Å². The van der Waals surface area contributed by atoms with Crippen molar-refractivity contribution < 1.29 is 0 Å². The molecule has 1 aliphatic carbocycles. The van der Waals surface area contributed by atoms with Gasteiger partial charge in [0.2, 0.25) is 0 Å². The van der Waals surface area contributed by atoms with Crippen LogP contribution in [0.15, 0.2) is 24.3 Å². The predicted octanol–water partition coefficient (Wildman–Crippen LogP) is 3.86. The predicted molar refractivity (Wildman–Crippen MR) is 73.9 cm³/mol. The maximum absolute atomic E-state index is 6.65. The summed E-state index contributed by atoms with van der Waals surface area (Å²) in [6, 6.07) is 8.94. The molecular formula is C16H25N. The van der Waals surface area contributed by atoms with E-state index in [2.05, 4.69) is 45.0 Å². The maximum atomic E-state index is 6.65. The average molecular weight is 231 g/mol. The molecule has 0 heterocycles. The molecule has 1 aromatic carbocycles. The number of aryl methyl sites for hydroxylation is 1. The second kappa shape index (κ2) is 4.81. The van der Waals surface area contributed by atoms with Crippen molar-refractivity contribution in [1.82, 2.24) is 0 Å². The number of rotatable bonds is 2. The van der Waals surface area contributed by atoms with Gasteiger partial charge in [-0.2, -0.15) is 0 Å². The van der Waals surface area contributed by atoms with Gasteiger partial charge in [-0.15, -0.1) is 0 Å². The summed E-state index contributed by atoms with van der Waals surface area (Å²) in [6.45, 7) is 6.85. The number of nitrogens with two attached hydrogens (primary N) is 1. The third-order valence-corrected chi connectivity index (χ3v) is 4.17. The van der Waals surface area contributed by atoms with Gasteiger partial charge in [0.05, 0.1) is 0 Å². The first-order chi connectivity index (χ1) is 8.03. The van der Waals surface area contributed by atoms with Crippen LogP contribution < -0.4 is 5.73 Å². The zero-order valence-electron chi connectivity index (χ0n) is 11.4. The van der Waals surface area contributed by atoms with Crippen molar-refractivity contribution in [2.24, 2.45) is 17.6 Å². The van der Waals surface area contributed by atoms with E-state index in [-0.39, 0.29) is 5.54 Å². The zero-order valence-corrected chi connectivity index (χ0v) is 11.4. The third-order valence-electron chi connectivity index (χ3n) is 4.17. The topological polar surface area (TPSA) is 26.0 Å². The lowest BCUT2D eigenvalue weighted by Crippen LogP contribution is -2.43. The molecule has 0 saturated heterocycles. The molecule has 1 aliphatic rings. The Kier molecular flexibility index (Phi) is 3.58. The lowest BCUT2D eigenvalue weighted by molar-refractivity contribution is 0.183. The van der Waals surface area contributed by atoms with Gasteiger partial charge < -0.3 is 5.73 Å². The Morgan fingerprint density at radius 3 is 2.12 bits per heavy atom. The molecule has 1 nitrogen and oxygen atoms in total. The van der Waals surface area contributed by atoms with Gasteiger partial charge in [0, 0.05) is 5.54 Å². The van der Waals surface area contributed by atoms with E-state index in [0.717, 1.165) is 31.1 Å². The second-order valence-electron chi connectivity index (χ2n) is 6.06. The molecule has 17 heavy (non-hydrogen) atoms. The van der Waals surface area contributed by atoms with Crippen LogP contribution in [0.4, 0.5) is 0 Å². The Bertz CT molecular complexity index is 356. The van der Waals surface area contributed by atoms with Crippen molar-refractivity contribution >= 4 is 0 Å². The summed E-state index contributed by atoms with van der Waals surface area (Å²) >= 11 is 0. The molecule has 1 fully saturated rings. The first-order valence-electron chi connectivity index (χ1n) is 6.92. The van der Waals surface area contributed by atoms with Crippen molar-refractivity contribution in [1.29, 1.82) is 0 Å². The van der Waals surface area contributed by atoms with Crippen molar-refractivity contribution in [3.8, 4) is 0 Å². The first kappa shape index (κ1) is 12.6. The largest absolute Gasteiger partial charge is 0.321 e. The van der Waals surface area contributed by atoms with Gasteiger partial charge in [-0.1, -0.05) is 45.0 Å². The molecule has 0 aromatic heterocycles. The standard InChI is InChI=1S/C16H25N/c1-4-14-5-7-15(8-6-14)16(17)10-12(2)9-13(3)11-16/h5-8,12-13H,4,9-11,17H2,1-3H3. The van der Waals surface area contributed by atoms with Crippen LogP contribution in [0.3, 0.4) is 0 Å². The van der Waals surface area contributed by atoms with Crippen LogP contribution in [-0.2, 0) is 12.0 Å². The van der Waals surface area contributed by atoms with E-state index in [4.69, 9.17) is 5.73 Å². The van der Waals surface area contributed by atoms with Crippen LogP contribution >= 0.6 is 0 Å². The van der Waals surface area contributed by atoms with Gasteiger partial charge >= 0.3 is 0 Å². The maximum Gasteiger partial charge on any atom is 0.0414 e. The fraction of sp³-hybridized carbons (Fsp3) is 0.625. The molecule has 2 unspecified atom stereocenters. The number of hydrogen-bond donors (Lipinski definition) is 1. The van der Waals surface area contributed by atoms with E-state index in [1.54, 1.807) is 0 Å². The minimum atomic E-state index is -0.0939. The summed E-state index contributed by atoms with van der Waals surface area (Å²) < 4.78 is 0. The lowest BCUT2D eigenvalue weighted by Gasteiger charge is -2.40. The highest BCUT2D eigenvalue weighted by Gasteiger charge is 2.35. The van der Waals surface area contributed by atoms with E-state index in [0.29, 0.717) is 0 Å². The highest BCUT2D eigenvalue weighted by atomic mass is 14.8. The molecule has 2 atom stereocenters. The summed E-state index contributed by atoms with van der Waals surface area (Å²) in [4.78, 5) is 0. The molecule has 2 N–H and O–H groups in total. The molecule has 0 spiro atoms. The summed E-state index contributed by atoms with van der Waals surface area (Å²) in [5, 5.41) is 0. The summed E-state index contributed by atoms with van der Waals surface area (Å²) in [7, 11) is 0. The van der Waals surface area contributed by atoms with E-state index in [9.17, 15) is 0 Å². The minimum Gasteiger partial charge on any atom is -0.321 e. The van der Waals surface area contributed by atoms with Crippen LogP contribution in [-0.4, -0.2) is 0 Å². The molecule has 0 aliphatic heterocycles. The Morgan fingerprint density at radius 1 is 1.12 bits per heavy atom. The molecular weight excluding hydrogens is 206 g/mol. The second-order valence-corrected chi connectivity index (χ2v) is 6.06. The summed E-state index contributed by atoms with van der Waals surface area (Å²) in [5.41, 5.74) is 9.28. The van der Waals surface area contributed by atoms with E-state index >= 15 is 0 Å². The molecule has 1 heteroatoms. The molecule has 0 bridgehead atoms. The molecule has 0 radical (unpaired) electrons. The van der Waals surface area contributed by atoms with E-state index in [1.165, 1.54) is 17.5 Å². The van der Waals surface area contributed by atoms with Crippen LogP contribution in [0, 0.1) is 11.8 Å². The highest BCUT2D eigenvalue weighted by Crippen LogP contribution is 2.40. The van der Waals surface area contributed by atoms with Crippen LogP contribution in [0.1, 0.15) is 51.2 Å². The smallest absolute Gasteiger partial charge is 0.0414 e. The molecule has 0 amide bonds. The fourth-order valence-electron chi connectivity index (χ4n) is 3.49. The van der Waals surface area contributed by atoms with Gasteiger partial charge in [0.1, 0.15) is 0 Å². The minimum absolute atomic E-state index is 0.0939. The first-order valence-corrected chi connectivity index (χ1v) is 6.92. The highest BCUT2D eigenvalue weighted by molar-refractivity contribution is 5.29. The average Bonchev–Trinajstić information content (AvgIpc) is 2.27. The summed E-state index contributed by atoms with van der Waals surface area (Å²) in [6.07, 6.45) is 4.68. The molecule has 2 rings (SSSR count). The van der Waals surface area contributed by atoms with E-state index in [1.807, 2.05) is 0 Å². The van der Waals surface area contributed by atoms with Crippen molar-refractivity contribution in [3.05, 3.63) is 35.4 Å². The Labute approximate surface area is 105 Å². The lowest BCUT2D eigenvalue weighted by atomic mass is 9.69. The number of hydrogen-bond acceptors (Lipinski definition) is 1. The summed E-state index contributed by atoms with van der Waals surface area (Å²) in [5.74, 6) is 1.49. The monoisotopic (exact) mass is 231 g/mol. The number of benzene rings is 1. The van der Waals surface area contributed by atoms with E-state index < -0.39 is 0 Å². The quantitative estimate of drug-likeness (QED) is 0.821. The van der Waals surface area contributed by atoms with Gasteiger partial charge in [0.25, 0.3) is 0 Å². The van der Waals surface area contributed by atoms with Crippen LogP contribution in [0.25, 0.3) is 0 Å². The third kappa shape index (κ3) is 2.71. The van der Waals surface area contributed by atoms with Crippen molar-refractivity contribution in [2.75, 3.05) is 0 Å². The molecule has 1 saturated carbocycles. The van der Waals surface area contributed by atoms with Crippen molar-refractivity contribution in [3.63, 3.8) is 0 Å². The van der Waals surface area contributed by atoms with Gasteiger partial charge in [-0.05, 0) is 48.6 Å². The zero-order chi connectivity index (χ0) is 12.5. The molecule has 94 valence electrons. The van der Waals surface area contributed by atoms with Crippen LogP contribution in [0.5, 0.6) is 0 Å². The normalized spacial score (nSPS) is 33.6. The van der Waals surface area contributed by atoms with Gasteiger partial charge in [-0.25, -0.2) is 0 Å². The van der Waals surface area contributed by atoms with Gasteiger partial charge in [-0.3, -0.25) is 0 Å².